The van der Waals surface area contributed by atoms with Gasteiger partial charge in [0.1, 0.15) is 4.32 Å². The number of thioether (sulfide) groups is 1. The number of nitrogens with one attached hydrogen (secondary N) is 1. The predicted molar refractivity (Wildman–Crippen MR) is 68.7 cm³/mol. The molecule has 0 bridgehead atoms. The van der Waals surface area contributed by atoms with E-state index in [4.69, 9.17) is 12.2 Å². The normalized spacial score (nSPS) is 19.6. The van der Waals surface area contributed by atoms with Crippen LogP contribution in [-0.4, -0.2) is 10.1 Å². The van der Waals surface area contributed by atoms with E-state index >= 15 is 0 Å². The molecule has 1 nitrogen and oxygen atoms in total. The van der Waals surface area contributed by atoms with Crippen molar-refractivity contribution in [1.29, 1.82) is 0 Å². The van der Waals surface area contributed by atoms with Crippen LogP contribution < -0.4 is 5.32 Å². The Bertz CT molecular complexity index is 285. The fraction of sp³-hybridized carbons (Fsp3) is 0.364. The molecule has 1 N–H and O–H groups in total. The summed E-state index contributed by atoms with van der Waals surface area (Å²) in [6.45, 7) is 4.00. The number of thiocarbonyl (C=S) groups is 1. The molecule has 0 spiro atoms. The zero-order chi connectivity index (χ0) is 10.4. The van der Waals surface area contributed by atoms with Crippen molar-refractivity contribution in [2.24, 2.45) is 0 Å². The Morgan fingerprint density at radius 3 is 2.43 bits per heavy atom. The molecule has 76 valence electrons. The summed E-state index contributed by atoms with van der Waals surface area (Å²) in [7, 11) is 0. The van der Waals surface area contributed by atoms with E-state index in [0.29, 0.717) is 6.04 Å². The van der Waals surface area contributed by atoms with Gasteiger partial charge in [-0.3, -0.25) is 0 Å². The molecule has 1 aliphatic heterocycles. The van der Waals surface area contributed by atoms with Gasteiger partial charge >= 0.3 is 0 Å². The van der Waals surface area contributed by atoms with Crippen molar-refractivity contribution in [3.8, 4) is 0 Å². The van der Waals surface area contributed by atoms with E-state index in [-0.39, 0.29) is 0 Å². The molecule has 3 heteroatoms. The zero-order valence-corrected chi connectivity index (χ0v) is 10.1. The first kappa shape index (κ1) is 11.5. The van der Waals surface area contributed by atoms with Crippen molar-refractivity contribution in [1.82, 2.24) is 5.32 Å². The Kier molecular flexibility index (Phi) is 4.98. The third kappa shape index (κ3) is 3.00. The lowest BCUT2D eigenvalue weighted by Crippen LogP contribution is -2.17. The van der Waals surface area contributed by atoms with E-state index in [9.17, 15) is 0 Å². The van der Waals surface area contributed by atoms with E-state index in [2.05, 4.69) is 29.6 Å². The summed E-state index contributed by atoms with van der Waals surface area (Å²) in [6.07, 6.45) is 0. The highest BCUT2D eigenvalue weighted by molar-refractivity contribution is 8.23. The Hall–Kier alpha value is -0.540. The van der Waals surface area contributed by atoms with Crippen molar-refractivity contribution in [2.45, 2.75) is 19.9 Å². The number of rotatable bonds is 1. The minimum absolute atomic E-state index is 0.420. The molecule has 14 heavy (non-hydrogen) atoms. The largest absolute Gasteiger partial charge is 0.363 e. The molecule has 1 saturated heterocycles. The topological polar surface area (TPSA) is 12.0 Å². The second kappa shape index (κ2) is 6.04. The quantitative estimate of drug-likeness (QED) is 0.736. The fourth-order valence-corrected chi connectivity index (χ4v) is 2.42. The summed E-state index contributed by atoms with van der Waals surface area (Å²) >= 11 is 6.77. The van der Waals surface area contributed by atoms with Gasteiger partial charge in [0, 0.05) is 5.75 Å². The number of hydrogen-bond acceptors (Lipinski definition) is 2. The van der Waals surface area contributed by atoms with Gasteiger partial charge in [-0.25, -0.2) is 0 Å². The molecule has 1 aliphatic rings. The second-order valence-corrected chi connectivity index (χ2v) is 4.40. The van der Waals surface area contributed by atoms with Gasteiger partial charge in [-0.15, -0.1) is 0 Å². The maximum atomic E-state index is 5.05. The predicted octanol–water partition coefficient (Wildman–Crippen LogP) is 3.38. The van der Waals surface area contributed by atoms with E-state index in [1.165, 1.54) is 5.56 Å². The van der Waals surface area contributed by atoms with Gasteiger partial charge in [0.25, 0.3) is 0 Å². The molecule has 0 radical (unpaired) electrons. The Labute approximate surface area is 95.3 Å². The lowest BCUT2D eigenvalue weighted by Gasteiger charge is -2.08. The lowest BCUT2D eigenvalue weighted by atomic mass is 10.1. The Morgan fingerprint density at radius 1 is 1.29 bits per heavy atom. The second-order valence-electron chi connectivity index (χ2n) is 2.71. The van der Waals surface area contributed by atoms with Gasteiger partial charge in [-0.1, -0.05) is 68.2 Å². The standard InChI is InChI=1S/C9H9NS2.C2H6/c11-9-10-8(6-12-9)7-4-2-1-3-5-7;1-2/h1-5,8H,6H2,(H,10,11);1-2H3. The van der Waals surface area contributed by atoms with E-state index in [1.807, 2.05) is 19.9 Å². The van der Waals surface area contributed by atoms with Crippen LogP contribution in [0, 0.1) is 0 Å². The summed E-state index contributed by atoms with van der Waals surface area (Å²) in [6, 6.07) is 10.8. The summed E-state index contributed by atoms with van der Waals surface area (Å²) < 4.78 is 0.920. The van der Waals surface area contributed by atoms with E-state index < -0.39 is 0 Å². The third-order valence-electron chi connectivity index (χ3n) is 1.88. The summed E-state index contributed by atoms with van der Waals surface area (Å²) in [5, 5.41) is 3.26. The van der Waals surface area contributed by atoms with E-state index in [0.717, 1.165) is 10.1 Å². The van der Waals surface area contributed by atoms with Crippen molar-refractivity contribution in [3.05, 3.63) is 35.9 Å². The summed E-state index contributed by atoms with van der Waals surface area (Å²) in [4.78, 5) is 0. The van der Waals surface area contributed by atoms with Gasteiger partial charge < -0.3 is 5.32 Å². The minimum Gasteiger partial charge on any atom is -0.363 e. The van der Waals surface area contributed by atoms with Gasteiger partial charge in [0.15, 0.2) is 0 Å². The van der Waals surface area contributed by atoms with Crippen LogP contribution in [0.3, 0.4) is 0 Å². The number of hydrogen-bond donors (Lipinski definition) is 1. The third-order valence-corrected chi connectivity index (χ3v) is 3.23. The van der Waals surface area contributed by atoms with Crippen molar-refractivity contribution >= 4 is 28.3 Å². The summed E-state index contributed by atoms with van der Waals surface area (Å²) in [5.74, 6) is 1.06. The maximum Gasteiger partial charge on any atom is 0.134 e. The Balaban J connectivity index is 0.000000461. The summed E-state index contributed by atoms with van der Waals surface area (Å²) in [5.41, 5.74) is 1.32. The van der Waals surface area contributed by atoms with Gasteiger partial charge in [-0.2, -0.15) is 0 Å². The highest BCUT2D eigenvalue weighted by Crippen LogP contribution is 2.25. The maximum absolute atomic E-state index is 5.05. The van der Waals surface area contributed by atoms with Crippen molar-refractivity contribution in [2.75, 3.05) is 5.75 Å². The first-order valence-electron chi connectivity index (χ1n) is 4.84. The molecule has 0 amide bonds. The molecule has 1 atom stereocenters. The Morgan fingerprint density at radius 2 is 1.93 bits per heavy atom. The van der Waals surface area contributed by atoms with Gasteiger partial charge in [-0.05, 0) is 5.56 Å². The zero-order valence-electron chi connectivity index (χ0n) is 8.49. The smallest absolute Gasteiger partial charge is 0.134 e. The van der Waals surface area contributed by atoms with Crippen LogP contribution in [0.1, 0.15) is 25.5 Å². The van der Waals surface area contributed by atoms with E-state index in [1.54, 1.807) is 11.8 Å². The van der Waals surface area contributed by atoms with Crippen molar-refractivity contribution in [3.63, 3.8) is 0 Å². The average Bonchev–Trinajstić information content (AvgIpc) is 2.69. The molecule has 2 rings (SSSR count). The molecule has 1 aromatic rings. The fourth-order valence-electron chi connectivity index (χ4n) is 1.25. The molecule has 1 heterocycles. The number of benzene rings is 1. The first-order valence-corrected chi connectivity index (χ1v) is 6.24. The molecule has 0 aliphatic carbocycles. The van der Waals surface area contributed by atoms with Gasteiger partial charge in [0.05, 0.1) is 6.04 Å². The first-order chi connectivity index (χ1) is 6.86. The molecule has 0 aromatic heterocycles. The molecular weight excluding hydrogens is 210 g/mol. The van der Waals surface area contributed by atoms with Crippen LogP contribution in [0.25, 0.3) is 0 Å². The van der Waals surface area contributed by atoms with Crippen LogP contribution in [0.4, 0.5) is 0 Å². The van der Waals surface area contributed by atoms with Crippen LogP contribution >= 0.6 is 24.0 Å². The molecule has 1 aromatic carbocycles. The van der Waals surface area contributed by atoms with Crippen LogP contribution in [-0.2, 0) is 0 Å². The van der Waals surface area contributed by atoms with Crippen LogP contribution in [0.15, 0.2) is 30.3 Å². The molecular formula is C11H15NS2. The van der Waals surface area contributed by atoms with Crippen LogP contribution in [0.5, 0.6) is 0 Å². The highest BCUT2D eigenvalue weighted by Gasteiger charge is 2.19. The van der Waals surface area contributed by atoms with Crippen LogP contribution in [0.2, 0.25) is 0 Å². The monoisotopic (exact) mass is 225 g/mol. The lowest BCUT2D eigenvalue weighted by molar-refractivity contribution is 0.757. The van der Waals surface area contributed by atoms with Crippen molar-refractivity contribution < 1.29 is 0 Å². The minimum atomic E-state index is 0.420. The van der Waals surface area contributed by atoms with Gasteiger partial charge in [0.2, 0.25) is 0 Å². The molecule has 1 fully saturated rings. The SMILES string of the molecule is CC.S=C1NC(c2ccccc2)CS1. The highest BCUT2D eigenvalue weighted by atomic mass is 32.2. The average molecular weight is 225 g/mol. The molecule has 0 saturated carbocycles. The molecule has 1 unspecified atom stereocenters.